The quantitative estimate of drug-likeness (QED) is 0.489. The number of para-hydroxylation sites is 2. The smallest absolute Gasteiger partial charge is 0.251 e. The third-order valence-electron chi connectivity index (χ3n) is 4.91. The van der Waals surface area contributed by atoms with Crippen LogP contribution in [0.5, 0.6) is 11.5 Å². The third kappa shape index (κ3) is 5.10. The predicted molar refractivity (Wildman–Crippen MR) is 116 cm³/mol. The zero-order valence-electron chi connectivity index (χ0n) is 17.8. The average molecular weight is 412 g/mol. The molecule has 0 spiro atoms. The Kier molecular flexibility index (Phi) is 7.68. The van der Waals surface area contributed by atoms with E-state index in [1.165, 1.54) is 0 Å². The molecular formula is C23H29N3O4. The second-order valence-corrected chi connectivity index (χ2v) is 6.79. The van der Waals surface area contributed by atoms with Crippen molar-refractivity contribution in [2.75, 3.05) is 34.0 Å². The van der Waals surface area contributed by atoms with E-state index in [9.17, 15) is 4.79 Å². The number of ether oxygens (including phenoxy) is 3. The van der Waals surface area contributed by atoms with E-state index in [1.54, 1.807) is 32.4 Å². The van der Waals surface area contributed by atoms with Gasteiger partial charge >= 0.3 is 0 Å². The first kappa shape index (κ1) is 21.6. The monoisotopic (exact) mass is 411 g/mol. The van der Waals surface area contributed by atoms with E-state index in [0.29, 0.717) is 36.8 Å². The SMILES string of the molecule is CCOCCn1c(CCCNC(=O)c2ccc(OC)c(OC)c2)nc2ccccc21. The molecule has 0 aliphatic carbocycles. The number of aryl methyl sites for hydroxylation is 1. The zero-order valence-corrected chi connectivity index (χ0v) is 17.8. The fourth-order valence-corrected chi connectivity index (χ4v) is 3.39. The number of fused-ring (bicyclic) bond motifs is 1. The van der Waals surface area contributed by atoms with E-state index in [4.69, 9.17) is 19.2 Å². The highest BCUT2D eigenvalue weighted by atomic mass is 16.5. The molecule has 1 amide bonds. The molecule has 3 rings (SSSR count). The Morgan fingerprint density at radius 3 is 2.67 bits per heavy atom. The molecule has 160 valence electrons. The number of amides is 1. The van der Waals surface area contributed by atoms with Crippen LogP contribution in [0.25, 0.3) is 11.0 Å². The van der Waals surface area contributed by atoms with E-state index < -0.39 is 0 Å². The molecule has 0 bridgehead atoms. The predicted octanol–water partition coefficient (Wildman–Crippen LogP) is 3.45. The van der Waals surface area contributed by atoms with Crippen LogP contribution < -0.4 is 14.8 Å². The number of nitrogens with zero attached hydrogens (tertiary/aromatic N) is 2. The van der Waals surface area contributed by atoms with Crippen LogP contribution in [0.1, 0.15) is 29.5 Å². The largest absolute Gasteiger partial charge is 0.493 e. The lowest BCUT2D eigenvalue weighted by molar-refractivity contribution is 0.0952. The van der Waals surface area contributed by atoms with E-state index >= 15 is 0 Å². The maximum atomic E-state index is 12.5. The minimum absolute atomic E-state index is 0.138. The summed E-state index contributed by atoms with van der Waals surface area (Å²) in [6, 6.07) is 13.3. The van der Waals surface area contributed by atoms with Crippen molar-refractivity contribution in [2.45, 2.75) is 26.3 Å². The van der Waals surface area contributed by atoms with Gasteiger partial charge in [-0.25, -0.2) is 4.98 Å². The van der Waals surface area contributed by atoms with Crippen molar-refractivity contribution in [3.8, 4) is 11.5 Å². The van der Waals surface area contributed by atoms with Gasteiger partial charge in [0.2, 0.25) is 0 Å². The summed E-state index contributed by atoms with van der Waals surface area (Å²) in [6.07, 6.45) is 1.56. The van der Waals surface area contributed by atoms with E-state index in [-0.39, 0.29) is 5.91 Å². The molecule has 0 aliphatic rings. The highest BCUT2D eigenvalue weighted by molar-refractivity contribution is 5.94. The molecule has 30 heavy (non-hydrogen) atoms. The molecule has 7 nitrogen and oxygen atoms in total. The number of imidazole rings is 1. The minimum Gasteiger partial charge on any atom is -0.493 e. The van der Waals surface area contributed by atoms with Crippen molar-refractivity contribution in [1.82, 2.24) is 14.9 Å². The number of aromatic nitrogens is 2. The summed E-state index contributed by atoms with van der Waals surface area (Å²) in [5, 5.41) is 2.97. The second-order valence-electron chi connectivity index (χ2n) is 6.79. The first-order valence-electron chi connectivity index (χ1n) is 10.2. The van der Waals surface area contributed by atoms with Gasteiger partial charge in [-0.3, -0.25) is 4.79 Å². The molecule has 0 saturated heterocycles. The number of hydrogen-bond acceptors (Lipinski definition) is 5. The standard InChI is InChI=1S/C23H29N3O4/c1-4-30-15-14-26-19-9-6-5-8-18(19)25-22(26)10-7-13-24-23(27)17-11-12-20(28-2)21(16-17)29-3/h5-6,8-9,11-12,16H,4,7,10,13-15H2,1-3H3,(H,24,27). The molecule has 0 saturated carbocycles. The highest BCUT2D eigenvalue weighted by Gasteiger charge is 2.12. The van der Waals surface area contributed by atoms with Crippen LogP contribution >= 0.6 is 0 Å². The second kappa shape index (κ2) is 10.6. The first-order chi connectivity index (χ1) is 14.7. The minimum atomic E-state index is -0.138. The molecule has 3 aromatic rings. The molecule has 1 aromatic heterocycles. The zero-order chi connectivity index (χ0) is 21.3. The number of methoxy groups -OCH3 is 2. The maximum Gasteiger partial charge on any atom is 0.251 e. The summed E-state index contributed by atoms with van der Waals surface area (Å²) >= 11 is 0. The highest BCUT2D eigenvalue weighted by Crippen LogP contribution is 2.27. The lowest BCUT2D eigenvalue weighted by Gasteiger charge is -2.11. The van der Waals surface area contributed by atoms with Crippen LogP contribution in [0, 0.1) is 0 Å². The van der Waals surface area contributed by atoms with E-state index in [1.807, 2.05) is 25.1 Å². The molecule has 0 atom stereocenters. The van der Waals surface area contributed by atoms with Crippen molar-refractivity contribution in [3.63, 3.8) is 0 Å². The number of hydrogen-bond donors (Lipinski definition) is 1. The maximum absolute atomic E-state index is 12.5. The van der Waals surface area contributed by atoms with Gasteiger partial charge in [0, 0.05) is 31.7 Å². The van der Waals surface area contributed by atoms with Crippen LogP contribution in [-0.4, -0.2) is 49.4 Å². The van der Waals surface area contributed by atoms with E-state index in [2.05, 4.69) is 16.0 Å². The first-order valence-corrected chi connectivity index (χ1v) is 10.2. The van der Waals surface area contributed by atoms with Crippen molar-refractivity contribution in [1.29, 1.82) is 0 Å². The summed E-state index contributed by atoms with van der Waals surface area (Å²) in [6.45, 7) is 4.67. The lowest BCUT2D eigenvalue weighted by atomic mass is 10.2. The lowest BCUT2D eigenvalue weighted by Crippen LogP contribution is -2.25. The molecular weight excluding hydrogens is 382 g/mol. The summed E-state index contributed by atoms with van der Waals surface area (Å²) < 4.78 is 18.2. The van der Waals surface area contributed by atoms with Gasteiger partial charge in [0.05, 0.1) is 31.9 Å². The van der Waals surface area contributed by atoms with Crippen molar-refractivity contribution in [2.24, 2.45) is 0 Å². The summed E-state index contributed by atoms with van der Waals surface area (Å²) in [7, 11) is 3.12. The molecule has 0 fully saturated rings. The number of nitrogens with one attached hydrogen (secondary N) is 1. The van der Waals surface area contributed by atoms with Gasteiger partial charge in [0.15, 0.2) is 11.5 Å². The average Bonchev–Trinajstić information content (AvgIpc) is 3.13. The van der Waals surface area contributed by atoms with E-state index in [0.717, 1.165) is 36.2 Å². The van der Waals surface area contributed by atoms with Gasteiger partial charge in [-0.2, -0.15) is 0 Å². The van der Waals surface area contributed by atoms with Gasteiger partial charge in [0.25, 0.3) is 5.91 Å². The Balaban J connectivity index is 1.59. The number of benzene rings is 2. The number of carbonyl (C=O) groups excluding carboxylic acids is 1. The van der Waals surface area contributed by atoms with Crippen molar-refractivity contribution >= 4 is 16.9 Å². The van der Waals surface area contributed by atoms with Crippen LogP contribution in [0.15, 0.2) is 42.5 Å². The number of carbonyl (C=O) groups is 1. The van der Waals surface area contributed by atoms with Crippen LogP contribution in [0.3, 0.4) is 0 Å². The van der Waals surface area contributed by atoms with Gasteiger partial charge in [-0.15, -0.1) is 0 Å². The Labute approximate surface area is 177 Å². The summed E-state index contributed by atoms with van der Waals surface area (Å²) in [5.74, 6) is 2.00. The molecule has 7 heteroatoms. The normalized spacial score (nSPS) is 10.9. The topological polar surface area (TPSA) is 74.6 Å². The van der Waals surface area contributed by atoms with Crippen molar-refractivity contribution < 1.29 is 19.0 Å². The van der Waals surface area contributed by atoms with Gasteiger partial charge in [-0.05, 0) is 43.7 Å². The van der Waals surface area contributed by atoms with Gasteiger partial charge < -0.3 is 24.1 Å². The Hall–Kier alpha value is -3.06. The summed E-state index contributed by atoms with van der Waals surface area (Å²) in [5.41, 5.74) is 2.64. The molecule has 2 aromatic carbocycles. The molecule has 0 aliphatic heterocycles. The van der Waals surface area contributed by atoms with Gasteiger partial charge in [-0.1, -0.05) is 12.1 Å². The number of rotatable bonds is 11. The molecule has 0 unspecified atom stereocenters. The Bertz CT molecular complexity index is 984. The fraction of sp³-hybridized carbons (Fsp3) is 0.391. The Morgan fingerprint density at radius 2 is 1.90 bits per heavy atom. The van der Waals surface area contributed by atoms with Crippen LogP contribution in [0.4, 0.5) is 0 Å². The fourth-order valence-electron chi connectivity index (χ4n) is 3.39. The van der Waals surface area contributed by atoms with Crippen LogP contribution in [-0.2, 0) is 17.7 Å². The van der Waals surface area contributed by atoms with Crippen LogP contribution in [0.2, 0.25) is 0 Å². The van der Waals surface area contributed by atoms with Gasteiger partial charge in [0.1, 0.15) is 5.82 Å². The van der Waals surface area contributed by atoms with Crippen molar-refractivity contribution in [3.05, 3.63) is 53.9 Å². The molecule has 0 radical (unpaired) electrons. The summed E-state index contributed by atoms with van der Waals surface area (Å²) in [4.78, 5) is 17.2. The third-order valence-corrected chi connectivity index (χ3v) is 4.91. The molecule has 1 N–H and O–H groups in total. The molecule has 1 heterocycles. The Morgan fingerprint density at radius 1 is 1.10 bits per heavy atom.